The minimum Gasteiger partial charge on any atom is -0.272 e. The third-order valence-corrected chi connectivity index (χ3v) is 6.90. The molecule has 3 heterocycles. The van der Waals surface area contributed by atoms with Crippen LogP contribution in [0.2, 0.25) is 0 Å². The highest BCUT2D eigenvalue weighted by Gasteiger charge is 2.55. The largest absolute Gasteiger partial charge is 0.352 e. The summed E-state index contributed by atoms with van der Waals surface area (Å²) in [5.41, 5.74) is 2.20. The van der Waals surface area contributed by atoms with Gasteiger partial charge in [-0.3, -0.25) is 25.7 Å². The highest BCUT2D eigenvalue weighted by atomic mass is 16.6. The van der Waals surface area contributed by atoms with Gasteiger partial charge >= 0.3 is 17.1 Å². The normalized spacial score (nSPS) is 24.5. The lowest BCUT2D eigenvalue weighted by Gasteiger charge is -2.52. The second-order valence-electron chi connectivity index (χ2n) is 8.62. The summed E-state index contributed by atoms with van der Waals surface area (Å²) in [5.74, 6) is -0.0977. The molecule has 35 heavy (non-hydrogen) atoms. The Morgan fingerprint density at radius 2 is 1.60 bits per heavy atom. The Morgan fingerprint density at radius 1 is 0.914 bits per heavy atom. The Kier molecular flexibility index (Phi) is 4.36. The summed E-state index contributed by atoms with van der Waals surface area (Å²) in [6.45, 7) is 0. The van der Waals surface area contributed by atoms with Gasteiger partial charge in [0.2, 0.25) is 0 Å². The van der Waals surface area contributed by atoms with Gasteiger partial charge in [0, 0.05) is 23.6 Å². The average molecular weight is 475 g/mol. The summed E-state index contributed by atoms with van der Waals surface area (Å²) < 4.78 is 4.13. The van der Waals surface area contributed by atoms with Crippen molar-refractivity contribution in [3.8, 4) is 5.69 Å². The van der Waals surface area contributed by atoms with E-state index in [2.05, 4.69) is 10.5 Å². The molecule has 2 bridgehead atoms. The van der Waals surface area contributed by atoms with Gasteiger partial charge < -0.3 is 0 Å². The molecular formula is C22H17N7O6. The van der Waals surface area contributed by atoms with E-state index in [1.807, 2.05) is 12.2 Å². The molecule has 0 spiro atoms. The van der Waals surface area contributed by atoms with Crippen LogP contribution in [0.5, 0.6) is 0 Å². The zero-order valence-electron chi connectivity index (χ0n) is 17.9. The lowest BCUT2D eigenvalue weighted by atomic mass is 9.61. The highest BCUT2D eigenvalue weighted by molar-refractivity contribution is 5.94. The highest BCUT2D eigenvalue weighted by Crippen LogP contribution is 2.52. The molecule has 2 aliphatic heterocycles. The number of allylic oxidation sites excluding steroid dienone is 2. The molecule has 0 unspecified atom stereocenters. The van der Waals surface area contributed by atoms with Crippen molar-refractivity contribution >= 4 is 22.8 Å². The SMILES string of the molecule is O=c1n(-c2ccccc2)c(=O)n2n1[C@H]1C=C[C@H]2[C@H]2C(=NNc3ccc([N+](=O)[O-])cc3[N+](=O)[O-])C[C@@H]21. The maximum absolute atomic E-state index is 13.3. The van der Waals surface area contributed by atoms with Crippen molar-refractivity contribution in [3.63, 3.8) is 0 Å². The van der Waals surface area contributed by atoms with E-state index in [1.54, 1.807) is 30.3 Å². The molecule has 4 atom stereocenters. The molecule has 176 valence electrons. The molecule has 13 nitrogen and oxygen atoms in total. The molecule has 2 aromatic carbocycles. The van der Waals surface area contributed by atoms with Crippen molar-refractivity contribution in [2.45, 2.75) is 18.5 Å². The predicted octanol–water partition coefficient (Wildman–Crippen LogP) is 2.39. The fourth-order valence-corrected chi connectivity index (χ4v) is 5.30. The second kappa shape index (κ2) is 7.35. The van der Waals surface area contributed by atoms with Crippen LogP contribution in [0.1, 0.15) is 18.5 Å². The van der Waals surface area contributed by atoms with Crippen LogP contribution in [0, 0.1) is 32.1 Å². The summed E-state index contributed by atoms with van der Waals surface area (Å²) in [4.78, 5) is 47.4. The molecule has 1 fully saturated rings. The van der Waals surface area contributed by atoms with Crippen LogP contribution in [0.3, 0.4) is 0 Å². The van der Waals surface area contributed by atoms with Crippen molar-refractivity contribution in [1.29, 1.82) is 0 Å². The number of para-hydroxylation sites is 1. The number of nitro benzene ring substituents is 2. The van der Waals surface area contributed by atoms with E-state index in [0.717, 1.165) is 16.7 Å². The van der Waals surface area contributed by atoms with Gasteiger partial charge in [-0.15, -0.1) is 0 Å². The van der Waals surface area contributed by atoms with Crippen LogP contribution in [0.15, 0.2) is 75.4 Å². The molecule has 0 radical (unpaired) electrons. The summed E-state index contributed by atoms with van der Waals surface area (Å²) in [7, 11) is 0. The maximum atomic E-state index is 13.3. The van der Waals surface area contributed by atoms with E-state index < -0.39 is 38.6 Å². The molecule has 4 aliphatic rings. The van der Waals surface area contributed by atoms with Crippen LogP contribution in [0.25, 0.3) is 5.69 Å². The Hall–Kier alpha value is -4.81. The summed E-state index contributed by atoms with van der Waals surface area (Å²) in [6.07, 6.45) is 4.37. The number of rotatable bonds is 5. The van der Waals surface area contributed by atoms with Gasteiger partial charge in [0.15, 0.2) is 0 Å². The van der Waals surface area contributed by atoms with E-state index >= 15 is 0 Å². The number of aromatic nitrogens is 3. The number of hydrazone groups is 1. The average Bonchev–Trinajstić information content (AvgIpc) is 3.11. The number of nitrogens with zero attached hydrogens (tertiary/aromatic N) is 6. The minimum atomic E-state index is -0.713. The maximum Gasteiger partial charge on any atom is 0.352 e. The van der Waals surface area contributed by atoms with E-state index in [9.17, 15) is 29.8 Å². The predicted molar refractivity (Wildman–Crippen MR) is 124 cm³/mol. The Bertz CT molecular complexity index is 1580. The number of nitro groups is 2. The number of hydrogen-bond acceptors (Lipinski definition) is 8. The number of hydrogen-bond donors (Lipinski definition) is 1. The molecule has 1 aromatic heterocycles. The first-order valence-electron chi connectivity index (χ1n) is 10.8. The number of benzene rings is 2. The molecule has 13 heteroatoms. The Balaban J connectivity index is 1.35. The molecule has 2 aliphatic carbocycles. The quantitative estimate of drug-likeness (QED) is 0.337. The second-order valence-corrected chi connectivity index (χ2v) is 8.62. The summed E-state index contributed by atoms with van der Waals surface area (Å²) >= 11 is 0. The molecule has 0 amide bonds. The van der Waals surface area contributed by atoms with Crippen LogP contribution in [-0.4, -0.2) is 29.5 Å². The van der Waals surface area contributed by atoms with E-state index in [0.29, 0.717) is 17.8 Å². The summed E-state index contributed by atoms with van der Waals surface area (Å²) in [5, 5.41) is 26.7. The van der Waals surface area contributed by atoms with Crippen LogP contribution >= 0.6 is 0 Å². The molecular weight excluding hydrogens is 458 g/mol. The van der Waals surface area contributed by atoms with E-state index in [4.69, 9.17) is 0 Å². The topological polar surface area (TPSA) is 160 Å². The molecule has 3 aromatic rings. The van der Waals surface area contributed by atoms with Crippen LogP contribution in [0.4, 0.5) is 17.1 Å². The monoisotopic (exact) mass is 475 g/mol. The van der Waals surface area contributed by atoms with E-state index in [1.165, 1.54) is 15.4 Å². The van der Waals surface area contributed by atoms with Gasteiger partial charge in [-0.05, 0) is 24.6 Å². The van der Waals surface area contributed by atoms with Gasteiger partial charge in [0.1, 0.15) is 5.69 Å². The van der Waals surface area contributed by atoms with Gasteiger partial charge in [-0.25, -0.2) is 23.5 Å². The Labute approximate surface area is 195 Å². The van der Waals surface area contributed by atoms with Crippen molar-refractivity contribution in [2.24, 2.45) is 16.9 Å². The van der Waals surface area contributed by atoms with Crippen molar-refractivity contribution in [2.75, 3.05) is 5.43 Å². The first kappa shape index (κ1) is 20.8. The molecule has 1 saturated carbocycles. The molecule has 0 saturated heterocycles. The van der Waals surface area contributed by atoms with E-state index in [-0.39, 0.29) is 23.6 Å². The minimum absolute atomic E-state index is 0.0253. The van der Waals surface area contributed by atoms with Gasteiger partial charge in [-0.1, -0.05) is 30.4 Å². The zero-order valence-corrected chi connectivity index (χ0v) is 17.9. The third-order valence-electron chi connectivity index (χ3n) is 6.90. The summed E-state index contributed by atoms with van der Waals surface area (Å²) in [6, 6.07) is 11.3. The fraction of sp³-hybridized carbons (Fsp3) is 0.227. The van der Waals surface area contributed by atoms with Gasteiger partial charge in [0.25, 0.3) is 5.69 Å². The van der Waals surface area contributed by atoms with Gasteiger partial charge in [-0.2, -0.15) is 5.10 Å². The Morgan fingerprint density at radius 3 is 2.29 bits per heavy atom. The van der Waals surface area contributed by atoms with Crippen molar-refractivity contribution < 1.29 is 9.85 Å². The van der Waals surface area contributed by atoms with Crippen LogP contribution < -0.4 is 16.8 Å². The fourth-order valence-electron chi connectivity index (χ4n) is 5.30. The van der Waals surface area contributed by atoms with Crippen molar-refractivity contribution in [1.82, 2.24) is 13.9 Å². The lowest BCUT2D eigenvalue weighted by molar-refractivity contribution is -0.393. The molecule has 7 rings (SSSR count). The van der Waals surface area contributed by atoms with Gasteiger partial charge in [0.05, 0.1) is 33.7 Å². The molecule has 1 N–H and O–H groups in total. The first-order valence-corrected chi connectivity index (χ1v) is 10.8. The smallest absolute Gasteiger partial charge is 0.272 e. The number of anilines is 1. The lowest BCUT2D eigenvalue weighted by Crippen LogP contribution is -2.57. The standard InChI is InChI=1S/C22H17N7O6/c30-21-25(12-4-2-1-3-5-12)22(31)27-18-9-8-17(26(21)27)14-11-16(20(14)18)24-23-15-7-6-13(28(32)33)10-19(15)29(34)35/h1-10,14,17-18,20,23H,11H2/t14-,17+,18+,20-/m1/s1. The van der Waals surface area contributed by atoms with Crippen molar-refractivity contribution in [3.05, 3.63) is 102 Å². The number of nitrogens with one attached hydrogen (secondary N) is 1. The van der Waals surface area contributed by atoms with Crippen LogP contribution in [-0.2, 0) is 0 Å². The third kappa shape index (κ3) is 2.90. The first-order chi connectivity index (χ1) is 16.9. The zero-order chi connectivity index (χ0) is 24.4. The number of non-ortho nitro benzene ring substituents is 1.